The molecule has 0 saturated carbocycles. The standard InChI is InChI=1S/C11H14N2O7S/c1-11(2,10(14)15)12-21(18,19)7-4-5-9(20-3)8(6-7)13(16)17/h4-6,12H,1-3H3,(H,14,15). The Labute approximate surface area is 120 Å². The van der Waals surface area contributed by atoms with Crippen molar-refractivity contribution in [1.29, 1.82) is 0 Å². The molecular formula is C11H14N2O7S. The smallest absolute Gasteiger partial charge is 0.324 e. The van der Waals surface area contributed by atoms with Crippen LogP contribution < -0.4 is 9.46 Å². The molecule has 21 heavy (non-hydrogen) atoms. The molecule has 0 aliphatic heterocycles. The number of carboxylic acid groups (broad SMARTS) is 1. The number of sulfonamides is 1. The summed E-state index contributed by atoms with van der Waals surface area (Å²) in [6, 6.07) is 3.02. The first-order valence-corrected chi connectivity index (χ1v) is 7.09. The van der Waals surface area contributed by atoms with Crippen LogP contribution in [0.5, 0.6) is 5.75 Å². The number of rotatable bonds is 6. The summed E-state index contributed by atoms with van der Waals surface area (Å²) in [7, 11) is -3.02. The second-order valence-electron chi connectivity index (χ2n) is 4.63. The highest BCUT2D eigenvalue weighted by molar-refractivity contribution is 7.89. The topological polar surface area (TPSA) is 136 Å². The summed E-state index contributed by atoms with van der Waals surface area (Å²) >= 11 is 0. The monoisotopic (exact) mass is 318 g/mol. The van der Waals surface area contributed by atoms with Gasteiger partial charge in [0.1, 0.15) is 5.54 Å². The molecule has 0 radical (unpaired) electrons. The van der Waals surface area contributed by atoms with Gasteiger partial charge in [-0.2, -0.15) is 4.72 Å². The third kappa shape index (κ3) is 3.67. The number of aliphatic carboxylic acids is 1. The molecule has 10 heteroatoms. The summed E-state index contributed by atoms with van der Waals surface area (Å²) in [5.74, 6) is -1.48. The van der Waals surface area contributed by atoms with Gasteiger partial charge in [0.2, 0.25) is 10.0 Å². The molecule has 0 spiro atoms. The van der Waals surface area contributed by atoms with Gasteiger partial charge in [-0.05, 0) is 26.0 Å². The molecular weight excluding hydrogens is 304 g/mol. The van der Waals surface area contributed by atoms with Gasteiger partial charge in [0.25, 0.3) is 0 Å². The number of nitrogens with one attached hydrogen (secondary N) is 1. The normalized spacial score (nSPS) is 12.0. The molecule has 0 aromatic heterocycles. The summed E-state index contributed by atoms with van der Waals surface area (Å²) < 4.78 is 30.9. The Kier molecular flexibility index (Phi) is 4.54. The Balaban J connectivity index is 3.30. The maximum absolute atomic E-state index is 12.1. The second-order valence-corrected chi connectivity index (χ2v) is 6.31. The number of hydrogen-bond donors (Lipinski definition) is 2. The number of nitrogens with zero attached hydrogens (tertiary/aromatic N) is 1. The summed E-state index contributed by atoms with van der Waals surface area (Å²) in [6.45, 7) is 2.32. The van der Waals surface area contributed by atoms with Crippen molar-refractivity contribution in [2.75, 3.05) is 7.11 Å². The van der Waals surface area contributed by atoms with Gasteiger partial charge in [-0.15, -0.1) is 0 Å². The van der Waals surface area contributed by atoms with E-state index in [2.05, 4.69) is 0 Å². The van der Waals surface area contributed by atoms with Crippen molar-refractivity contribution in [2.24, 2.45) is 0 Å². The highest BCUT2D eigenvalue weighted by atomic mass is 32.2. The maximum Gasteiger partial charge on any atom is 0.324 e. The minimum absolute atomic E-state index is 0.101. The fourth-order valence-corrected chi connectivity index (χ4v) is 2.81. The minimum atomic E-state index is -4.23. The average Bonchev–Trinajstić information content (AvgIpc) is 2.36. The Morgan fingerprint density at radius 2 is 2.00 bits per heavy atom. The third-order valence-corrected chi connectivity index (χ3v) is 4.24. The van der Waals surface area contributed by atoms with Gasteiger partial charge in [0, 0.05) is 6.07 Å². The van der Waals surface area contributed by atoms with Crippen molar-refractivity contribution in [1.82, 2.24) is 4.72 Å². The van der Waals surface area contributed by atoms with Crippen molar-refractivity contribution in [3.8, 4) is 5.75 Å². The van der Waals surface area contributed by atoms with Crippen molar-refractivity contribution < 1.29 is 28.0 Å². The molecule has 0 aliphatic carbocycles. The molecule has 0 saturated heterocycles. The number of hydrogen-bond acceptors (Lipinski definition) is 6. The van der Waals surface area contributed by atoms with Crippen LogP contribution in [0.15, 0.2) is 23.1 Å². The van der Waals surface area contributed by atoms with Crippen LogP contribution in [-0.4, -0.2) is 37.1 Å². The van der Waals surface area contributed by atoms with Gasteiger partial charge in [0.05, 0.1) is 16.9 Å². The molecule has 2 N–H and O–H groups in total. The van der Waals surface area contributed by atoms with Gasteiger partial charge in [-0.3, -0.25) is 14.9 Å². The Morgan fingerprint density at radius 3 is 2.43 bits per heavy atom. The van der Waals surface area contributed by atoms with Gasteiger partial charge < -0.3 is 9.84 Å². The SMILES string of the molecule is COc1ccc(S(=O)(=O)NC(C)(C)C(=O)O)cc1[N+](=O)[O-]. The zero-order valence-electron chi connectivity index (χ0n) is 11.5. The zero-order valence-corrected chi connectivity index (χ0v) is 12.3. The van der Waals surface area contributed by atoms with E-state index in [1.165, 1.54) is 7.11 Å². The van der Waals surface area contributed by atoms with E-state index in [9.17, 15) is 23.3 Å². The zero-order chi connectivity index (χ0) is 16.4. The lowest BCUT2D eigenvalue weighted by molar-refractivity contribution is -0.386. The van der Waals surface area contributed by atoms with E-state index < -0.39 is 37.0 Å². The maximum atomic E-state index is 12.1. The third-order valence-electron chi connectivity index (χ3n) is 2.58. The van der Waals surface area contributed by atoms with E-state index in [1.54, 1.807) is 0 Å². The number of nitro groups is 1. The number of ether oxygens (including phenoxy) is 1. The summed E-state index contributed by atoms with van der Waals surface area (Å²) in [4.78, 5) is 20.6. The molecule has 1 aromatic carbocycles. The van der Waals surface area contributed by atoms with Crippen molar-refractivity contribution in [3.63, 3.8) is 0 Å². The van der Waals surface area contributed by atoms with E-state index in [4.69, 9.17) is 9.84 Å². The predicted molar refractivity (Wildman–Crippen MR) is 71.7 cm³/mol. The molecule has 0 unspecified atom stereocenters. The van der Waals surface area contributed by atoms with E-state index in [0.29, 0.717) is 0 Å². The molecule has 0 amide bonds. The first-order valence-electron chi connectivity index (χ1n) is 5.61. The molecule has 0 bridgehead atoms. The van der Waals surface area contributed by atoms with E-state index >= 15 is 0 Å². The second kappa shape index (κ2) is 5.66. The highest BCUT2D eigenvalue weighted by Crippen LogP contribution is 2.29. The van der Waals surface area contributed by atoms with Crippen molar-refractivity contribution >= 4 is 21.7 Å². The average molecular weight is 318 g/mol. The van der Waals surface area contributed by atoms with Crippen LogP contribution in [0, 0.1) is 10.1 Å². The van der Waals surface area contributed by atoms with Crippen LogP contribution in [0.4, 0.5) is 5.69 Å². The van der Waals surface area contributed by atoms with Crippen LogP contribution in [0.1, 0.15) is 13.8 Å². The van der Waals surface area contributed by atoms with Crippen molar-refractivity contribution in [3.05, 3.63) is 28.3 Å². The number of benzene rings is 1. The van der Waals surface area contributed by atoms with Crippen LogP contribution in [0.3, 0.4) is 0 Å². The van der Waals surface area contributed by atoms with Gasteiger partial charge in [-0.25, -0.2) is 8.42 Å². The quantitative estimate of drug-likeness (QED) is 0.583. The summed E-state index contributed by atoms with van der Waals surface area (Å²) in [5.41, 5.74) is -2.29. The minimum Gasteiger partial charge on any atom is -0.490 e. The van der Waals surface area contributed by atoms with E-state index in [0.717, 1.165) is 32.0 Å². The number of carbonyl (C=O) groups is 1. The fraction of sp³-hybridized carbons (Fsp3) is 0.364. The molecule has 1 aromatic rings. The van der Waals surface area contributed by atoms with Crippen LogP contribution >= 0.6 is 0 Å². The molecule has 1 rings (SSSR count). The first-order chi connectivity index (χ1) is 9.51. The molecule has 0 aliphatic rings. The summed E-state index contributed by atoms with van der Waals surface area (Å²) in [6.07, 6.45) is 0. The van der Waals surface area contributed by atoms with Gasteiger partial charge in [0.15, 0.2) is 5.75 Å². The molecule has 9 nitrogen and oxygen atoms in total. The molecule has 0 atom stereocenters. The fourth-order valence-electron chi connectivity index (χ4n) is 1.42. The number of nitro benzene ring substituents is 1. The summed E-state index contributed by atoms with van der Waals surface area (Å²) in [5, 5.41) is 19.8. The van der Waals surface area contributed by atoms with Crippen LogP contribution in [0.2, 0.25) is 0 Å². The molecule has 116 valence electrons. The first kappa shape index (κ1) is 16.9. The molecule has 0 fully saturated rings. The van der Waals surface area contributed by atoms with E-state index in [-0.39, 0.29) is 5.75 Å². The van der Waals surface area contributed by atoms with Gasteiger partial charge in [-0.1, -0.05) is 0 Å². The lowest BCUT2D eigenvalue weighted by atomic mass is 10.1. The Bertz CT molecular complexity index is 682. The van der Waals surface area contributed by atoms with Crippen molar-refractivity contribution in [2.45, 2.75) is 24.3 Å². The van der Waals surface area contributed by atoms with E-state index in [1.807, 2.05) is 4.72 Å². The van der Waals surface area contributed by atoms with Gasteiger partial charge >= 0.3 is 11.7 Å². The number of methoxy groups -OCH3 is 1. The Hall–Kier alpha value is -2.20. The largest absolute Gasteiger partial charge is 0.490 e. The lowest BCUT2D eigenvalue weighted by Gasteiger charge is -2.20. The van der Waals surface area contributed by atoms with Crippen LogP contribution in [0.25, 0.3) is 0 Å². The highest BCUT2D eigenvalue weighted by Gasteiger charge is 2.34. The van der Waals surface area contributed by atoms with Crippen LogP contribution in [-0.2, 0) is 14.8 Å². The molecule has 0 heterocycles. The predicted octanol–water partition coefficient (Wildman–Crippen LogP) is 0.745. The Morgan fingerprint density at radius 1 is 1.43 bits per heavy atom. The number of carboxylic acids is 1. The lowest BCUT2D eigenvalue weighted by Crippen LogP contribution is -2.49.